The second kappa shape index (κ2) is 2.46. The lowest BCUT2D eigenvalue weighted by molar-refractivity contribution is 0.0189. The highest BCUT2D eigenvalue weighted by molar-refractivity contribution is 5.09. The number of ether oxygens (including phenoxy) is 2. The van der Waals surface area contributed by atoms with Gasteiger partial charge in [-0.1, -0.05) is 6.92 Å². The summed E-state index contributed by atoms with van der Waals surface area (Å²) < 4.78 is 11.1. The van der Waals surface area contributed by atoms with Gasteiger partial charge in [0.25, 0.3) is 0 Å². The summed E-state index contributed by atoms with van der Waals surface area (Å²) in [6.45, 7) is 2.19. The largest absolute Gasteiger partial charge is 0.378 e. The fourth-order valence-electron chi connectivity index (χ4n) is 2.41. The summed E-state index contributed by atoms with van der Waals surface area (Å²) >= 11 is 0. The van der Waals surface area contributed by atoms with Gasteiger partial charge in [0, 0.05) is 7.11 Å². The second-order valence-electron chi connectivity index (χ2n) is 3.57. The second-order valence-corrected chi connectivity index (χ2v) is 3.57. The van der Waals surface area contributed by atoms with E-state index in [1.165, 1.54) is 19.3 Å². The Morgan fingerprint density at radius 1 is 1.55 bits per heavy atom. The summed E-state index contributed by atoms with van der Waals surface area (Å²) in [6, 6.07) is 0. The predicted octanol–water partition coefficient (Wildman–Crippen LogP) is 1.73. The number of hydrogen-bond donors (Lipinski definition) is 0. The molecular weight excluding hydrogens is 140 g/mol. The molecule has 2 fully saturated rings. The molecule has 2 nitrogen and oxygen atoms in total. The van der Waals surface area contributed by atoms with Crippen LogP contribution in [0.2, 0.25) is 0 Å². The standard InChI is InChI=1S/C9H16O2/c1-3-9-7(10-2)5-4-6-8(9)11-9/h7-8H,3-6H2,1-2H3/t7-,8?,9+/m0/s1. The first kappa shape index (κ1) is 7.56. The Bertz CT molecular complexity index is 158. The molecule has 2 aliphatic rings. The molecule has 0 N–H and O–H groups in total. The highest BCUT2D eigenvalue weighted by Crippen LogP contribution is 2.50. The SMILES string of the molecule is CC[C@]12OC1CCC[C@@H]2OC. The fourth-order valence-corrected chi connectivity index (χ4v) is 2.41. The molecule has 1 heterocycles. The fraction of sp³-hybridized carbons (Fsp3) is 1.00. The summed E-state index contributed by atoms with van der Waals surface area (Å²) in [5.41, 5.74) is 0.132. The van der Waals surface area contributed by atoms with Crippen LogP contribution in [0, 0.1) is 0 Å². The van der Waals surface area contributed by atoms with Crippen molar-refractivity contribution in [2.24, 2.45) is 0 Å². The van der Waals surface area contributed by atoms with Crippen LogP contribution in [0.5, 0.6) is 0 Å². The molecule has 0 amide bonds. The zero-order valence-corrected chi connectivity index (χ0v) is 7.30. The molecule has 0 aromatic carbocycles. The van der Waals surface area contributed by atoms with Crippen LogP contribution in [0.15, 0.2) is 0 Å². The number of rotatable bonds is 2. The van der Waals surface area contributed by atoms with E-state index in [4.69, 9.17) is 9.47 Å². The van der Waals surface area contributed by atoms with Gasteiger partial charge >= 0.3 is 0 Å². The lowest BCUT2D eigenvalue weighted by Crippen LogP contribution is -2.36. The minimum absolute atomic E-state index is 0.132. The van der Waals surface area contributed by atoms with Gasteiger partial charge in [-0.25, -0.2) is 0 Å². The molecule has 0 aromatic heterocycles. The van der Waals surface area contributed by atoms with Crippen LogP contribution in [0.25, 0.3) is 0 Å². The van der Waals surface area contributed by atoms with Gasteiger partial charge in [-0.05, 0) is 25.7 Å². The van der Waals surface area contributed by atoms with Gasteiger partial charge < -0.3 is 9.47 Å². The number of methoxy groups -OCH3 is 1. The maximum absolute atomic E-state index is 5.69. The third-order valence-electron chi connectivity index (χ3n) is 3.16. The molecule has 11 heavy (non-hydrogen) atoms. The van der Waals surface area contributed by atoms with E-state index in [1.807, 2.05) is 0 Å². The normalized spacial score (nSPS) is 48.5. The van der Waals surface area contributed by atoms with Crippen LogP contribution in [-0.4, -0.2) is 24.9 Å². The summed E-state index contributed by atoms with van der Waals surface area (Å²) in [4.78, 5) is 0. The summed E-state index contributed by atoms with van der Waals surface area (Å²) in [7, 11) is 1.80. The number of hydrogen-bond acceptors (Lipinski definition) is 2. The minimum atomic E-state index is 0.132. The number of fused-ring (bicyclic) bond motifs is 1. The molecule has 2 heteroatoms. The molecule has 0 bridgehead atoms. The van der Waals surface area contributed by atoms with Crippen molar-refractivity contribution in [2.75, 3.05) is 7.11 Å². The van der Waals surface area contributed by atoms with Crippen molar-refractivity contribution in [1.82, 2.24) is 0 Å². The molecule has 64 valence electrons. The molecule has 1 unspecified atom stereocenters. The molecule has 1 saturated heterocycles. The average molecular weight is 156 g/mol. The van der Waals surface area contributed by atoms with Gasteiger partial charge in [0.2, 0.25) is 0 Å². The first-order chi connectivity index (χ1) is 5.33. The number of epoxide rings is 1. The molecule has 1 aliphatic heterocycles. The van der Waals surface area contributed by atoms with Crippen LogP contribution in [0.3, 0.4) is 0 Å². The van der Waals surface area contributed by atoms with E-state index in [-0.39, 0.29) is 5.60 Å². The molecule has 3 atom stereocenters. The molecular formula is C9H16O2. The van der Waals surface area contributed by atoms with Crippen molar-refractivity contribution in [2.45, 2.75) is 50.4 Å². The van der Waals surface area contributed by atoms with Gasteiger partial charge in [0.1, 0.15) is 5.60 Å². The van der Waals surface area contributed by atoms with Gasteiger partial charge in [0.05, 0.1) is 12.2 Å². The van der Waals surface area contributed by atoms with Gasteiger partial charge in [-0.2, -0.15) is 0 Å². The molecule has 0 radical (unpaired) electrons. The average Bonchev–Trinajstić information content (AvgIpc) is 2.78. The monoisotopic (exact) mass is 156 g/mol. The van der Waals surface area contributed by atoms with E-state index >= 15 is 0 Å². The van der Waals surface area contributed by atoms with E-state index in [1.54, 1.807) is 7.11 Å². The Labute approximate surface area is 67.9 Å². The Balaban J connectivity index is 2.07. The zero-order valence-electron chi connectivity index (χ0n) is 7.30. The predicted molar refractivity (Wildman–Crippen MR) is 42.5 cm³/mol. The molecule has 1 aliphatic carbocycles. The summed E-state index contributed by atoms with van der Waals surface area (Å²) in [5.74, 6) is 0. The third kappa shape index (κ3) is 0.926. The van der Waals surface area contributed by atoms with Crippen molar-refractivity contribution in [3.63, 3.8) is 0 Å². The van der Waals surface area contributed by atoms with Crippen molar-refractivity contribution >= 4 is 0 Å². The van der Waals surface area contributed by atoms with E-state index in [0.29, 0.717) is 12.2 Å². The third-order valence-corrected chi connectivity index (χ3v) is 3.16. The van der Waals surface area contributed by atoms with Gasteiger partial charge in [-0.3, -0.25) is 0 Å². The highest BCUT2D eigenvalue weighted by Gasteiger charge is 2.61. The van der Waals surface area contributed by atoms with Crippen molar-refractivity contribution in [1.29, 1.82) is 0 Å². The maximum atomic E-state index is 5.69. The van der Waals surface area contributed by atoms with Crippen LogP contribution >= 0.6 is 0 Å². The molecule has 0 aromatic rings. The highest BCUT2D eigenvalue weighted by atomic mass is 16.6. The van der Waals surface area contributed by atoms with E-state index < -0.39 is 0 Å². The Kier molecular flexibility index (Phi) is 1.69. The molecule has 2 rings (SSSR count). The van der Waals surface area contributed by atoms with E-state index in [9.17, 15) is 0 Å². The lowest BCUT2D eigenvalue weighted by Gasteiger charge is -2.25. The summed E-state index contributed by atoms with van der Waals surface area (Å²) in [6.07, 6.45) is 5.69. The smallest absolute Gasteiger partial charge is 0.120 e. The molecule has 1 saturated carbocycles. The topological polar surface area (TPSA) is 21.8 Å². The van der Waals surface area contributed by atoms with Gasteiger partial charge in [-0.15, -0.1) is 0 Å². The van der Waals surface area contributed by atoms with Crippen LogP contribution in [0.4, 0.5) is 0 Å². The van der Waals surface area contributed by atoms with Crippen molar-refractivity contribution < 1.29 is 9.47 Å². The van der Waals surface area contributed by atoms with Crippen LogP contribution in [-0.2, 0) is 9.47 Å². The molecule has 0 spiro atoms. The Morgan fingerprint density at radius 2 is 2.36 bits per heavy atom. The van der Waals surface area contributed by atoms with E-state index in [2.05, 4.69) is 6.92 Å². The van der Waals surface area contributed by atoms with Gasteiger partial charge in [0.15, 0.2) is 0 Å². The van der Waals surface area contributed by atoms with Crippen molar-refractivity contribution in [3.05, 3.63) is 0 Å². The van der Waals surface area contributed by atoms with E-state index in [0.717, 1.165) is 6.42 Å². The lowest BCUT2D eigenvalue weighted by atomic mass is 9.84. The quantitative estimate of drug-likeness (QED) is 0.568. The Hall–Kier alpha value is -0.0800. The van der Waals surface area contributed by atoms with Crippen molar-refractivity contribution in [3.8, 4) is 0 Å². The first-order valence-corrected chi connectivity index (χ1v) is 4.54. The van der Waals surface area contributed by atoms with Crippen LogP contribution in [0.1, 0.15) is 32.6 Å². The maximum Gasteiger partial charge on any atom is 0.120 e. The zero-order chi connectivity index (χ0) is 7.90. The first-order valence-electron chi connectivity index (χ1n) is 4.54. The summed E-state index contributed by atoms with van der Waals surface area (Å²) in [5, 5.41) is 0. The van der Waals surface area contributed by atoms with Crippen LogP contribution < -0.4 is 0 Å². The minimum Gasteiger partial charge on any atom is -0.378 e. The Morgan fingerprint density at radius 3 is 2.91 bits per heavy atom.